The number of aryl methyl sites for hydroxylation is 3. The van der Waals surface area contributed by atoms with Gasteiger partial charge in [-0.2, -0.15) is 0 Å². The van der Waals surface area contributed by atoms with Crippen LogP contribution in [0.15, 0.2) is 12.1 Å². The minimum Gasteiger partial charge on any atom is -0.356 e. The zero-order chi connectivity index (χ0) is 12.4. The lowest BCUT2D eigenvalue weighted by Crippen LogP contribution is -1.99. The van der Waals surface area contributed by atoms with Crippen LogP contribution < -0.4 is 5.73 Å². The predicted molar refractivity (Wildman–Crippen MR) is 69.7 cm³/mol. The molecule has 0 aliphatic carbocycles. The summed E-state index contributed by atoms with van der Waals surface area (Å²) in [4.78, 5) is 3.09. The van der Waals surface area contributed by atoms with Gasteiger partial charge in [0.15, 0.2) is 0 Å². The second kappa shape index (κ2) is 4.88. The maximum atomic E-state index is 13.9. The molecule has 3 heteroatoms. The first-order valence-corrected chi connectivity index (χ1v) is 6.11. The standard InChI is InChI=1S/C14H19FN2/c1-9-10(2)17-14-12(9)7-11(8-13(14)15)5-3-4-6-16/h7-8,17H,3-6,16H2,1-2H3. The maximum Gasteiger partial charge on any atom is 0.147 e. The van der Waals surface area contributed by atoms with Crippen molar-refractivity contribution in [1.82, 2.24) is 4.98 Å². The molecule has 0 radical (unpaired) electrons. The highest BCUT2D eigenvalue weighted by Crippen LogP contribution is 2.25. The number of aromatic nitrogens is 1. The quantitative estimate of drug-likeness (QED) is 0.784. The van der Waals surface area contributed by atoms with Crippen LogP contribution in [0.3, 0.4) is 0 Å². The molecule has 0 saturated carbocycles. The van der Waals surface area contributed by atoms with E-state index in [0.717, 1.165) is 41.5 Å². The largest absolute Gasteiger partial charge is 0.356 e. The smallest absolute Gasteiger partial charge is 0.147 e. The van der Waals surface area contributed by atoms with E-state index < -0.39 is 0 Å². The van der Waals surface area contributed by atoms with E-state index in [1.807, 2.05) is 13.8 Å². The molecule has 0 saturated heterocycles. The first-order valence-electron chi connectivity index (χ1n) is 6.11. The zero-order valence-electron chi connectivity index (χ0n) is 10.4. The summed E-state index contributed by atoms with van der Waals surface area (Å²) >= 11 is 0. The summed E-state index contributed by atoms with van der Waals surface area (Å²) < 4.78 is 13.9. The summed E-state index contributed by atoms with van der Waals surface area (Å²) in [6.07, 6.45) is 2.91. The van der Waals surface area contributed by atoms with Crippen molar-refractivity contribution in [3.8, 4) is 0 Å². The fourth-order valence-corrected chi connectivity index (χ4v) is 2.19. The number of fused-ring (bicyclic) bond motifs is 1. The lowest BCUT2D eigenvalue weighted by atomic mass is 10.0. The van der Waals surface area contributed by atoms with Crippen LogP contribution in [0.1, 0.15) is 29.7 Å². The fourth-order valence-electron chi connectivity index (χ4n) is 2.19. The molecular weight excluding hydrogens is 215 g/mol. The predicted octanol–water partition coefficient (Wildman–Crippen LogP) is 3.21. The van der Waals surface area contributed by atoms with Crippen LogP contribution in [-0.2, 0) is 6.42 Å². The van der Waals surface area contributed by atoms with Crippen LogP contribution in [0.2, 0.25) is 0 Å². The minimum absolute atomic E-state index is 0.151. The lowest BCUT2D eigenvalue weighted by Gasteiger charge is -2.03. The molecule has 2 rings (SSSR count). The Morgan fingerprint density at radius 2 is 2.00 bits per heavy atom. The Kier molecular flexibility index (Phi) is 3.48. The van der Waals surface area contributed by atoms with Gasteiger partial charge in [0.1, 0.15) is 5.82 Å². The lowest BCUT2D eigenvalue weighted by molar-refractivity contribution is 0.633. The van der Waals surface area contributed by atoms with E-state index in [2.05, 4.69) is 11.1 Å². The molecule has 3 N–H and O–H groups in total. The first kappa shape index (κ1) is 12.1. The number of hydrogen-bond acceptors (Lipinski definition) is 1. The topological polar surface area (TPSA) is 41.8 Å². The van der Waals surface area contributed by atoms with E-state index in [4.69, 9.17) is 5.73 Å². The molecule has 17 heavy (non-hydrogen) atoms. The molecular formula is C14H19FN2. The molecule has 0 spiro atoms. The van der Waals surface area contributed by atoms with Crippen LogP contribution >= 0.6 is 0 Å². The fraction of sp³-hybridized carbons (Fsp3) is 0.429. The summed E-state index contributed by atoms with van der Waals surface area (Å²) in [6, 6.07) is 3.72. The van der Waals surface area contributed by atoms with Crippen molar-refractivity contribution < 1.29 is 4.39 Å². The highest BCUT2D eigenvalue weighted by molar-refractivity contribution is 5.85. The highest BCUT2D eigenvalue weighted by atomic mass is 19.1. The third kappa shape index (κ3) is 2.34. The van der Waals surface area contributed by atoms with Gasteiger partial charge in [-0.25, -0.2) is 4.39 Å². The Bertz CT molecular complexity index is 528. The Labute approximate surface area is 101 Å². The molecule has 1 heterocycles. The van der Waals surface area contributed by atoms with Gasteiger partial charge in [0.25, 0.3) is 0 Å². The van der Waals surface area contributed by atoms with Gasteiger partial charge in [-0.15, -0.1) is 0 Å². The van der Waals surface area contributed by atoms with Crippen LogP contribution in [0.4, 0.5) is 4.39 Å². The zero-order valence-corrected chi connectivity index (χ0v) is 10.4. The summed E-state index contributed by atoms with van der Waals surface area (Å²) in [6.45, 7) is 4.70. The van der Waals surface area contributed by atoms with Gasteiger partial charge in [-0.3, -0.25) is 0 Å². The average molecular weight is 234 g/mol. The van der Waals surface area contributed by atoms with Crippen molar-refractivity contribution in [3.05, 3.63) is 34.8 Å². The normalized spacial score (nSPS) is 11.3. The molecule has 2 aromatic rings. The van der Waals surface area contributed by atoms with Gasteiger partial charge < -0.3 is 10.7 Å². The second-order valence-corrected chi connectivity index (χ2v) is 4.62. The molecule has 0 fully saturated rings. The van der Waals surface area contributed by atoms with Gasteiger partial charge in [0, 0.05) is 11.1 Å². The van der Waals surface area contributed by atoms with E-state index in [0.29, 0.717) is 12.1 Å². The minimum atomic E-state index is -0.151. The SMILES string of the molecule is Cc1[nH]c2c(F)cc(CCCCN)cc2c1C. The van der Waals surface area contributed by atoms with Gasteiger partial charge in [0.2, 0.25) is 0 Å². The average Bonchev–Trinajstić information content (AvgIpc) is 2.58. The number of H-pyrrole nitrogens is 1. The van der Waals surface area contributed by atoms with Gasteiger partial charge in [-0.1, -0.05) is 0 Å². The van der Waals surface area contributed by atoms with E-state index in [1.54, 1.807) is 6.07 Å². The number of halogens is 1. The van der Waals surface area contributed by atoms with E-state index in [-0.39, 0.29) is 5.82 Å². The molecule has 0 amide bonds. The summed E-state index contributed by atoms with van der Waals surface area (Å²) in [5.41, 5.74) is 9.33. The Morgan fingerprint density at radius 1 is 1.24 bits per heavy atom. The third-order valence-corrected chi connectivity index (χ3v) is 3.35. The number of nitrogens with two attached hydrogens (primary N) is 1. The van der Waals surface area contributed by atoms with Gasteiger partial charge >= 0.3 is 0 Å². The van der Waals surface area contributed by atoms with Crippen LogP contribution in [-0.4, -0.2) is 11.5 Å². The Hall–Kier alpha value is -1.35. The Morgan fingerprint density at radius 3 is 2.71 bits per heavy atom. The van der Waals surface area contributed by atoms with Crippen LogP contribution in [0.5, 0.6) is 0 Å². The molecule has 0 atom stereocenters. The molecule has 92 valence electrons. The van der Waals surface area contributed by atoms with Crippen molar-refractivity contribution in [3.63, 3.8) is 0 Å². The number of aromatic amines is 1. The van der Waals surface area contributed by atoms with E-state index in [1.165, 1.54) is 0 Å². The van der Waals surface area contributed by atoms with Crippen molar-refractivity contribution in [1.29, 1.82) is 0 Å². The monoisotopic (exact) mass is 234 g/mol. The van der Waals surface area contributed by atoms with E-state index in [9.17, 15) is 4.39 Å². The first-order chi connectivity index (χ1) is 8.13. The van der Waals surface area contributed by atoms with E-state index >= 15 is 0 Å². The Balaban J connectivity index is 2.36. The van der Waals surface area contributed by atoms with Crippen molar-refractivity contribution in [2.75, 3.05) is 6.54 Å². The van der Waals surface area contributed by atoms with Crippen molar-refractivity contribution in [2.45, 2.75) is 33.1 Å². The number of nitrogens with one attached hydrogen (secondary N) is 1. The van der Waals surface area contributed by atoms with Gasteiger partial charge in [-0.05, 0) is 62.9 Å². The molecule has 0 aliphatic rings. The second-order valence-electron chi connectivity index (χ2n) is 4.62. The molecule has 2 nitrogen and oxygen atoms in total. The number of hydrogen-bond donors (Lipinski definition) is 2. The molecule has 1 aromatic carbocycles. The third-order valence-electron chi connectivity index (χ3n) is 3.35. The van der Waals surface area contributed by atoms with Crippen LogP contribution in [0.25, 0.3) is 10.9 Å². The molecule has 0 aliphatic heterocycles. The van der Waals surface area contributed by atoms with Crippen LogP contribution in [0, 0.1) is 19.7 Å². The highest BCUT2D eigenvalue weighted by Gasteiger charge is 2.10. The summed E-state index contributed by atoms with van der Waals surface area (Å²) in [5.74, 6) is -0.151. The summed E-state index contributed by atoms with van der Waals surface area (Å²) in [7, 11) is 0. The van der Waals surface area contributed by atoms with Crippen molar-refractivity contribution >= 4 is 10.9 Å². The number of unbranched alkanes of at least 4 members (excludes halogenated alkanes) is 1. The maximum absolute atomic E-state index is 13.9. The molecule has 0 unspecified atom stereocenters. The van der Waals surface area contributed by atoms with Gasteiger partial charge in [0.05, 0.1) is 5.52 Å². The number of benzene rings is 1. The summed E-state index contributed by atoms with van der Waals surface area (Å²) in [5, 5.41) is 1.00. The number of rotatable bonds is 4. The van der Waals surface area contributed by atoms with Crippen molar-refractivity contribution in [2.24, 2.45) is 5.73 Å². The molecule has 0 bridgehead atoms. The molecule has 1 aromatic heterocycles.